The summed E-state index contributed by atoms with van der Waals surface area (Å²) in [5.74, 6) is 0.810. The summed E-state index contributed by atoms with van der Waals surface area (Å²) in [6.45, 7) is 0. The van der Waals surface area contributed by atoms with Gasteiger partial charge in [-0.15, -0.1) is 0 Å². The van der Waals surface area contributed by atoms with E-state index in [2.05, 4.69) is 6.07 Å². The maximum Gasteiger partial charge on any atom is 0.118 e. The predicted molar refractivity (Wildman–Crippen MR) is 71.6 cm³/mol. The van der Waals surface area contributed by atoms with E-state index >= 15 is 0 Å². The Hall–Kier alpha value is -2.34. The summed E-state index contributed by atoms with van der Waals surface area (Å²) in [5, 5.41) is 16.8. The lowest BCUT2D eigenvalue weighted by Crippen LogP contribution is -2.05. The lowest BCUT2D eigenvalue weighted by atomic mass is 9.91. The van der Waals surface area contributed by atoms with Crippen molar-refractivity contribution in [2.45, 2.75) is 12.8 Å². The van der Waals surface area contributed by atoms with E-state index in [4.69, 9.17) is 15.4 Å². The minimum absolute atomic E-state index is 0.561. The number of ether oxygens (including phenoxy) is 1. The number of hydrogen-bond donors (Lipinski definition) is 1. The van der Waals surface area contributed by atoms with E-state index in [1.165, 1.54) is 0 Å². The van der Waals surface area contributed by atoms with Gasteiger partial charge in [-0.05, 0) is 23.3 Å². The molecule has 0 atom stereocenters. The fourth-order valence-corrected chi connectivity index (χ4v) is 1.90. The van der Waals surface area contributed by atoms with Crippen LogP contribution in [0.5, 0.6) is 5.75 Å². The lowest BCUT2D eigenvalue weighted by Gasteiger charge is -2.12. The quantitative estimate of drug-likeness (QED) is 0.859. The molecule has 18 heavy (non-hydrogen) atoms. The molecule has 0 saturated carbocycles. The largest absolute Gasteiger partial charge is 0.497 e. The van der Waals surface area contributed by atoms with Crippen LogP contribution in [0.3, 0.4) is 0 Å². The summed E-state index contributed by atoms with van der Waals surface area (Å²) < 4.78 is 5.10. The molecule has 1 aromatic rings. The Bertz CT molecular complexity index is 559. The zero-order valence-corrected chi connectivity index (χ0v) is 10.2. The van der Waals surface area contributed by atoms with Crippen LogP contribution < -0.4 is 4.74 Å². The number of nitrogens with one attached hydrogen (secondary N) is 1. The second-order valence-corrected chi connectivity index (χ2v) is 4.16. The molecule has 3 nitrogen and oxygen atoms in total. The molecular formula is C15H14N2O. The van der Waals surface area contributed by atoms with Crippen LogP contribution in [0.25, 0.3) is 6.08 Å². The molecule has 0 bridgehead atoms. The van der Waals surface area contributed by atoms with Crippen LogP contribution >= 0.6 is 0 Å². The van der Waals surface area contributed by atoms with E-state index < -0.39 is 0 Å². The minimum Gasteiger partial charge on any atom is -0.497 e. The van der Waals surface area contributed by atoms with Gasteiger partial charge in [-0.2, -0.15) is 5.26 Å². The number of nitrogens with zero attached hydrogens (tertiary/aromatic N) is 1. The van der Waals surface area contributed by atoms with Gasteiger partial charge in [0.15, 0.2) is 0 Å². The second kappa shape index (κ2) is 5.33. The standard InChI is InChI=1S/C15H14N2O/c1-18-15-6-2-11(3-7-15)8-13-9-14(17)5-4-12(13)10-16/h2-4,6-8,17H,5,9H2,1H3. The summed E-state index contributed by atoms with van der Waals surface area (Å²) in [6.07, 6.45) is 4.93. The molecule has 0 fully saturated rings. The molecule has 0 radical (unpaired) electrons. The zero-order chi connectivity index (χ0) is 13.0. The van der Waals surface area contributed by atoms with Crippen molar-refractivity contribution in [3.05, 3.63) is 47.1 Å². The van der Waals surface area contributed by atoms with Crippen molar-refractivity contribution in [3.63, 3.8) is 0 Å². The van der Waals surface area contributed by atoms with E-state index in [9.17, 15) is 0 Å². The van der Waals surface area contributed by atoms with Crippen LogP contribution in [-0.4, -0.2) is 12.8 Å². The molecule has 1 aromatic carbocycles. The van der Waals surface area contributed by atoms with Gasteiger partial charge in [-0.1, -0.05) is 24.3 Å². The van der Waals surface area contributed by atoms with Crippen molar-refractivity contribution < 1.29 is 4.74 Å². The Kier molecular flexibility index (Phi) is 3.59. The highest BCUT2D eigenvalue weighted by molar-refractivity contribution is 5.90. The van der Waals surface area contributed by atoms with E-state index in [0.29, 0.717) is 24.1 Å². The molecule has 1 aliphatic carbocycles. The van der Waals surface area contributed by atoms with Crippen molar-refractivity contribution in [1.82, 2.24) is 0 Å². The van der Waals surface area contributed by atoms with E-state index in [-0.39, 0.29) is 0 Å². The van der Waals surface area contributed by atoms with E-state index in [1.807, 2.05) is 36.4 Å². The number of rotatable bonds is 2. The van der Waals surface area contributed by atoms with Crippen LogP contribution in [0.2, 0.25) is 0 Å². The first-order valence-electron chi connectivity index (χ1n) is 5.74. The lowest BCUT2D eigenvalue weighted by molar-refractivity contribution is 0.415. The van der Waals surface area contributed by atoms with Gasteiger partial charge in [0.2, 0.25) is 0 Å². The third-order valence-electron chi connectivity index (χ3n) is 2.88. The molecule has 0 heterocycles. The highest BCUT2D eigenvalue weighted by atomic mass is 16.5. The molecule has 0 aliphatic heterocycles. The normalized spacial score (nSPS) is 17.2. The average molecular weight is 238 g/mol. The Morgan fingerprint density at radius 3 is 2.67 bits per heavy atom. The molecule has 1 N–H and O–H groups in total. The van der Waals surface area contributed by atoms with Crippen LogP contribution in [-0.2, 0) is 0 Å². The van der Waals surface area contributed by atoms with Crippen molar-refractivity contribution in [3.8, 4) is 11.8 Å². The van der Waals surface area contributed by atoms with Gasteiger partial charge in [0, 0.05) is 18.6 Å². The Balaban J connectivity index is 2.31. The summed E-state index contributed by atoms with van der Waals surface area (Å²) in [6, 6.07) is 9.85. The van der Waals surface area contributed by atoms with Crippen molar-refractivity contribution in [2.75, 3.05) is 7.11 Å². The molecule has 3 heteroatoms. The third kappa shape index (κ3) is 2.67. The molecule has 90 valence electrons. The highest BCUT2D eigenvalue weighted by Gasteiger charge is 2.13. The maximum absolute atomic E-state index is 9.06. The zero-order valence-electron chi connectivity index (χ0n) is 10.2. The number of benzene rings is 1. The molecular weight excluding hydrogens is 224 g/mol. The first kappa shape index (κ1) is 12.1. The van der Waals surface area contributed by atoms with E-state index in [1.54, 1.807) is 7.11 Å². The van der Waals surface area contributed by atoms with Gasteiger partial charge in [0.1, 0.15) is 5.75 Å². The third-order valence-corrected chi connectivity index (χ3v) is 2.88. The summed E-state index contributed by atoms with van der Waals surface area (Å²) in [4.78, 5) is 0. The second-order valence-electron chi connectivity index (χ2n) is 4.16. The summed E-state index contributed by atoms with van der Waals surface area (Å²) in [7, 11) is 1.63. The summed E-state index contributed by atoms with van der Waals surface area (Å²) in [5.41, 5.74) is 3.26. The topological polar surface area (TPSA) is 56.9 Å². The van der Waals surface area contributed by atoms with Crippen molar-refractivity contribution >= 4 is 11.8 Å². The van der Waals surface area contributed by atoms with Gasteiger partial charge in [0.05, 0.1) is 18.8 Å². The van der Waals surface area contributed by atoms with Gasteiger partial charge in [-0.25, -0.2) is 0 Å². The molecule has 0 saturated heterocycles. The van der Waals surface area contributed by atoms with Crippen molar-refractivity contribution in [1.29, 1.82) is 10.7 Å². The van der Waals surface area contributed by atoms with Gasteiger partial charge < -0.3 is 10.1 Å². The molecule has 1 aliphatic rings. The molecule has 0 aromatic heterocycles. The SMILES string of the molecule is COc1ccc(C=C2CC(=N)CC=C2C#N)cc1. The molecule has 2 rings (SSSR count). The Morgan fingerprint density at radius 2 is 2.06 bits per heavy atom. The smallest absolute Gasteiger partial charge is 0.118 e. The maximum atomic E-state index is 9.06. The van der Waals surface area contributed by atoms with Crippen LogP contribution in [0.15, 0.2) is 41.5 Å². The molecule has 0 unspecified atom stereocenters. The first-order valence-corrected chi connectivity index (χ1v) is 5.74. The number of allylic oxidation sites excluding steroid dienone is 3. The van der Waals surface area contributed by atoms with Crippen LogP contribution in [0, 0.1) is 16.7 Å². The first-order chi connectivity index (χ1) is 8.72. The van der Waals surface area contributed by atoms with Crippen molar-refractivity contribution in [2.24, 2.45) is 0 Å². The van der Waals surface area contributed by atoms with E-state index in [0.717, 1.165) is 16.9 Å². The highest BCUT2D eigenvalue weighted by Crippen LogP contribution is 2.24. The number of nitriles is 1. The van der Waals surface area contributed by atoms with Gasteiger partial charge in [0.25, 0.3) is 0 Å². The van der Waals surface area contributed by atoms with Gasteiger partial charge >= 0.3 is 0 Å². The average Bonchev–Trinajstić information content (AvgIpc) is 2.40. The molecule has 0 spiro atoms. The minimum atomic E-state index is 0.561. The monoisotopic (exact) mass is 238 g/mol. The summed E-state index contributed by atoms with van der Waals surface area (Å²) >= 11 is 0. The number of hydrogen-bond acceptors (Lipinski definition) is 3. The fraction of sp³-hybridized carbons (Fsp3) is 0.200. The van der Waals surface area contributed by atoms with Gasteiger partial charge in [-0.3, -0.25) is 0 Å². The van der Waals surface area contributed by atoms with Crippen LogP contribution in [0.1, 0.15) is 18.4 Å². The number of methoxy groups -OCH3 is 1. The fourth-order valence-electron chi connectivity index (χ4n) is 1.90. The molecule has 0 amide bonds. The Morgan fingerprint density at radius 1 is 1.33 bits per heavy atom. The Labute approximate surface area is 107 Å². The van der Waals surface area contributed by atoms with Crippen LogP contribution in [0.4, 0.5) is 0 Å². The predicted octanol–water partition coefficient (Wildman–Crippen LogP) is 3.34.